The number of ether oxygens (including phenoxy) is 1. The Morgan fingerprint density at radius 3 is 2.56 bits per heavy atom. The second-order valence-corrected chi connectivity index (χ2v) is 6.25. The Labute approximate surface area is 147 Å². The molecule has 0 bridgehead atoms. The van der Waals surface area contributed by atoms with E-state index in [4.69, 9.17) is 4.74 Å². The fourth-order valence-electron chi connectivity index (χ4n) is 3.20. The molecule has 0 unspecified atom stereocenters. The third-order valence-electron chi connectivity index (χ3n) is 4.65. The molecule has 132 valence electrons. The van der Waals surface area contributed by atoms with Crippen LogP contribution in [0.15, 0.2) is 47.3 Å². The summed E-state index contributed by atoms with van der Waals surface area (Å²) in [5.41, 5.74) is 1.42. The van der Waals surface area contributed by atoms with Crippen molar-refractivity contribution in [3.8, 4) is 0 Å². The van der Waals surface area contributed by atoms with Crippen LogP contribution < -0.4 is 5.56 Å². The minimum Gasteiger partial charge on any atom is -0.383 e. The molecule has 0 aliphatic carbocycles. The van der Waals surface area contributed by atoms with Gasteiger partial charge in [0.1, 0.15) is 5.69 Å². The smallest absolute Gasteiger partial charge is 0.274 e. The van der Waals surface area contributed by atoms with Crippen LogP contribution in [0.5, 0.6) is 0 Å². The van der Waals surface area contributed by atoms with E-state index in [2.05, 4.69) is 29.4 Å². The lowest BCUT2D eigenvalue weighted by Gasteiger charge is -2.32. The highest BCUT2D eigenvalue weighted by molar-refractivity contribution is 5.92. The van der Waals surface area contributed by atoms with Crippen LogP contribution in [0.1, 0.15) is 34.8 Å². The zero-order valence-corrected chi connectivity index (χ0v) is 14.4. The van der Waals surface area contributed by atoms with E-state index in [-0.39, 0.29) is 11.5 Å². The van der Waals surface area contributed by atoms with Gasteiger partial charge in [-0.25, -0.2) is 4.68 Å². The highest BCUT2D eigenvalue weighted by Gasteiger charge is 2.25. The number of piperidine rings is 1. The maximum atomic E-state index is 12.7. The van der Waals surface area contributed by atoms with E-state index < -0.39 is 0 Å². The van der Waals surface area contributed by atoms with Crippen LogP contribution in [-0.2, 0) is 11.3 Å². The van der Waals surface area contributed by atoms with Crippen LogP contribution in [0.2, 0.25) is 0 Å². The fourth-order valence-corrected chi connectivity index (χ4v) is 3.20. The maximum Gasteiger partial charge on any atom is 0.274 e. The van der Waals surface area contributed by atoms with Gasteiger partial charge in [-0.2, -0.15) is 5.10 Å². The van der Waals surface area contributed by atoms with E-state index >= 15 is 0 Å². The number of rotatable bonds is 5. The molecule has 3 rings (SSSR count). The molecule has 2 aromatic rings. The first-order valence-corrected chi connectivity index (χ1v) is 8.60. The lowest BCUT2D eigenvalue weighted by molar-refractivity contribution is 0.0703. The molecule has 0 radical (unpaired) electrons. The number of aromatic nitrogens is 2. The number of benzene rings is 1. The minimum atomic E-state index is -0.226. The molecule has 0 atom stereocenters. The highest BCUT2D eigenvalue weighted by Crippen LogP contribution is 2.28. The quantitative estimate of drug-likeness (QED) is 0.833. The van der Waals surface area contributed by atoms with Gasteiger partial charge in [0.05, 0.1) is 13.2 Å². The number of hydrogen-bond acceptors (Lipinski definition) is 4. The summed E-state index contributed by atoms with van der Waals surface area (Å²) in [4.78, 5) is 26.3. The van der Waals surface area contributed by atoms with Crippen LogP contribution in [-0.4, -0.2) is 47.4 Å². The van der Waals surface area contributed by atoms with Crippen molar-refractivity contribution in [1.29, 1.82) is 0 Å². The maximum absolute atomic E-state index is 12.7. The number of likely N-dealkylation sites (tertiary alicyclic amines) is 1. The van der Waals surface area contributed by atoms with Crippen molar-refractivity contribution in [2.24, 2.45) is 0 Å². The van der Waals surface area contributed by atoms with Gasteiger partial charge < -0.3 is 9.64 Å². The third kappa shape index (κ3) is 4.14. The summed E-state index contributed by atoms with van der Waals surface area (Å²) in [6.07, 6.45) is 1.89. The zero-order valence-electron chi connectivity index (χ0n) is 14.4. The predicted molar refractivity (Wildman–Crippen MR) is 94.7 cm³/mol. The van der Waals surface area contributed by atoms with Gasteiger partial charge in [0.2, 0.25) is 0 Å². The molecule has 1 fully saturated rings. The second kappa shape index (κ2) is 8.07. The molecule has 1 saturated heterocycles. The fraction of sp³-hybridized carbons (Fsp3) is 0.421. The summed E-state index contributed by atoms with van der Waals surface area (Å²) < 4.78 is 6.26. The van der Waals surface area contributed by atoms with Crippen LogP contribution in [0.4, 0.5) is 0 Å². The average molecular weight is 341 g/mol. The Bertz CT molecular complexity index is 765. The predicted octanol–water partition coefficient (Wildman–Crippen LogP) is 1.91. The van der Waals surface area contributed by atoms with Gasteiger partial charge in [-0.15, -0.1) is 0 Å². The van der Waals surface area contributed by atoms with Crippen molar-refractivity contribution >= 4 is 5.91 Å². The monoisotopic (exact) mass is 341 g/mol. The Kier molecular flexibility index (Phi) is 5.60. The molecule has 6 heteroatoms. The SMILES string of the molecule is COCCn1nc(C(=O)N2CCC(c3ccccc3)CC2)ccc1=O. The van der Waals surface area contributed by atoms with Gasteiger partial charge in [-0.1, -0.05) is 30.3 Å². The molecule has 6 nitrogen and oxygen atoms in total. The summed E-state index contributed by atoms with van der Waals surface area (Å²) in [5.74, 6) is 0.381. The van der Waals surface area contributed by atoms with Crippen LogP contribution in [0.3, 0.4) is 0 Å². The van der Waals surface area contributed by atoms with Crippen molar-refractivity contribution in [2.75, 3.05) is 26.8 Å². The molecule has 0 spiro atoms. The van der Waals surface area contributed by atoms with Crippen molar-refractivity contribution < 1.29 is 9.53 Å². The number of carbonyl (C=O) groups excluding carboxylic acids is 1. The normalized spacial score (nSPS) is 15.3. The van der Waals surface area contributed by atoms with Crippen molar-refractivity contribution in [1.82, 2.24) is 14.7 Å². The minimum absolute atomic E-state index is 0.113. The van der Waals surface area contributed by atoms with Crippen LogP contribution in [0.25, 0.3) is 0 Å². The summed E-state index contributed by atoms with van der Waals surface area (Å²) in [6.45, 7) is 2.13. The van der Waals surface area contributed by atoms with Gasteiger partial charge in [0, 0.05) is 26.3 Å². The standard InChI is InChI=1S/C19H23N3O3/c1-25-14-13-22-18(23)8-7-17(20-22)19(24)21-11-9-16(10-12-21)15-5-3-2-4-6-15/h2-8,16H,9-14H2,1H3. The number of carbonyl (C=O) groups is 1. The Balaban J connectivity index is 1.65. The molecule has 1 amide bonds. The number of methoxy groups -OCH3 is 1. The lowest BCUT2D eigenvalue weighted by Crippen LogP contribution is -2.39. The van der Waals surface area contributed by atoms with Gasteiger partial charge in [-0.05, 0) is 30.4 Å². The molecular weight excluding hydrogens is 318 g/mol. The van der Waals surface area contributed by atoms with Crippen molar-refractivity contribution in [2.45, 2.75) is 25.3 Å². The zero-order chi connectivity index (χ0) is 17.6. The molecule has 25 heavy (non-hydrogen) atoms. The molecule has 1 aromatic heterocycles. The number of nitrogens with zero attached hydrogens (tertiary/aromatic N) is 3. The topological polar surface area (TPSA) is 64.4 Å². The largest absolute Gasteiger partial charge is 0.383 e. The first-order chi connectivity index (χ1) is 12.2. The summed E-state index contributed by atoms with van der Waals surface area (Å²) in [5, 5.41) is 4.20. The number of amides is 1. The first-order valence-electron chi connectivity index (χ1n) is 8.60. The molecule has 0 saturated carbocycles. The van der Waals surface area contributed by atoms with E-state index in [9.17, 15) is 9.59 Å². The van der Waals surface area contributed by atoms with Crippen molar-refractivity contribution in [3.05, 3.63) is 64.1 Å². The Morgan fingerprint density at radius 2 is 1.88 bits per heavy atom. The van der Waals surface area contributed by atoms with E-state index in [0.29, 0.717) is 37.9 Å². The van der Waals surface area contributed by atoms with Crippen LogP contribution in [0, 0.1) is 0 Å². The van der Waals surface area contributed by atoms with E-state index in [0.717, 1.165) is 12.8 Å². The summed E-state index contributed by atoms with van der Waals surface area (Å²) in [7, 11) is 1.57. The van der Waals surface area contributed by atoms with E-state index in [1.807, 2.05) is 11.0 Å². The van der Waals surface area contributed by atoms with Gasteiger partial charge in [0.25, 0.3) is 11.5 Å². The second-order valence-electron chi connectivity index (χ2n) is 6.25. The first kappa shape index (κ1) is 17.4. The molecule has 2 heterocycles. The highest BCUT2D eigenvalue weighted by atomic mass is 16.5. The molecular formula is C19H23N3O3. The van der Waals surface area contributed by atoms with Crippen molar-refractivity contribution in [3.63, 3.8) is 0 Å². The van der Waals surface area contributed by atoms with Gasteiger partial charge in [-0.3, -0.25) is 9.59 Å². The summed E-state index contributed by atoms with van der Waals surface area (Å²) >= 11 is 0. The number of hydrogen-bond donors (Lipinski definition) is 0. The van der Waals surface area contributed by atoms with E-state index in [1.165, 1.54) is 22.4 Å². The molecule has 1 aliphatic heterocycles. The Hall–Kier alpha value is -2.47. The third-order valence-corrected chi connectivity index (χ3v) is 4.65. The molecule has 1 aromatic carbocycles. The average Bonchev–Trinajstić information content (AvgIpc) is 2.67. The molecule has 0 N–H and O–H groups in total. The lowest BCUT2D eigenvalue weighted by atomic mass is 9.89. The summed E-state index contributed by atoms with van der Waals surface area (Å²) in [6, 6.07) is 13.3. The van der Waals surface area contributed by atoms with E-state index in [1.54, 1.807) is 7.11 Å². The Morgan fingerprint density at radius 1 is 1.16 bits per heavy atom. The van der Waals surface area contributed by atoms with Gasteiger partial charge >= 0.3 is 0 Å². The van der Waals surface area contributed by atoms with Gasteiger partial charge in [0.15, 0.2) is 0 Å². The molecule has 1 aliphatic rings. The van der Waals surface area contributed by atoms with Crippen LogP contribution >= 0.6 is 0 Å².